The lowest BCUT2D eigenvalue weighted by Crippen LogP contribution is -2.46. The fraction of sp³-hybridized carbons (Fsp3) is 1.00. The quantitative estimate of drug-likeness (QED) is 0.177. The molecular formula is C22H48NO2+. The van der Waals surface area contributed by atoms with Crippen LogP contribution in [0, 0.1) is 0 Å². The molecule has 0 aliphatic heterocycles. The summed E-state index contributed by atoms with van der Waals surface area (Å²) in [5.41, 5.74) is 0. The Morgan fingerprint density at radius 3 is 1.52 bits per heavy atom. The van der Waals surface area contributed by atoms with Crippen molar-refractivity contribution < 1.29 is 14.3 Å². The second-order valence-electron chi connectivity index (χ2n) is 8.60. The summed E-state index contributed by atoms with van der Waals surface area (Å²) in [5.74, 6) is 0. The molecule has 0 fully saturated rings. The molecule has 1 unspecified atom stereocenters. The standard InChI is InChI=1S/C22H48NO2/c1-5-6-7-8-9-10-11-12-13-14-15-16-17-18-19-25-21-23(3,4)20-22(2)24/h22,24H,5-21H2,1-4H3/q+1. The number of aliphatic hydroxyl groups is 1. The molecule has 0 aromatic heterocycles. The number of ether oxygens (including phenoxy) is 1. The molecule has 0 spiro atoms. The van der Waals surface area contributed by atoms with Gasteiger partial charge in [-0.2, -0.15) is 0 Å². The molecule has 0 rings (SSSR count). The van der Waals surface area contributed by atoms with E-state index in [9.17, 15) is 5.11 Å². The Kier molecular flexibility index (Phi) is 17.2. The van der Waals surface area contributed by atoms with Crippen molar-refractivity contribution in [1.82, 2.24) is 0 Å². The third-order valence-electron chi connectivity index (χ3n) is 4.84. The minimum atomic E-state index is -0.264. The molecule has 3 heteroatoms. The van der Waals surface area contributed by atoms with Crippen molar-refractivity contribution >= 4 is 0 Å². The maximum atomic E-state index is 9.45. The molecule has 152 valence electrons. The van der Waals surface area contributed by atoms with Gasteiger partial charge in [0.25, 0.3) is 0 Å². The number of nitrogens with zero attached hydrogens (tertiary/aromatic N) is 1. The van der Waals surface area contributed by atoms with E-state index < -0.39 is 0 Å². The summed E-state index contributed by atoms with van der Waals surface area (Å²) in [7, 11) is 4.22. The van der Waals surface area contributed by atoms with Gasteiger partial charge in [0.2, 0.25) is 0 Å². The van der Waals surface area contributed by atoms with Gasteiger partial charge in [0.05, 0.1) is 20.7 Å². The average Bonchev–Trinajstić information content (AvgIpc) is 2.53. The highest BCUT2D eigenvalue weighted by molar-refractivity contribution is 4.49. The van der Waals surface area contributed by atoms with Gasteiger partial charge >= 0.3 is 0 Å². The SMILES string of the molecule is CCCCCCCCCCCCCCCCOC[N+](C)(C)CC(C)O. The maximum Gasteiger partial charge on any atom is 0.182 e. The van der Waals surface area contributed by atoms with E-state index in [0.717, 1.165) is 17.6 Å². The van der Waals surface area contributed by atoms with Crippen molar-refractivity contribution in [2.45, 2.75) is 110 Å². The van der Waals surface area contributed by atoms with E-state index in [2.05, 4.69) is 21.0 Å². The van der Waals surface area contributed by atoms with Crippen molar-refractivity contribution in [3.8, 4) is 0 Å². The molecule has 0 aliphatic rings. The Hall–Kier alpha value is -0.120. The minimum Gasteiger partial charge on any atom is -0.388 e. The van der Waals surface area contributed by atoms with E-state index in [1.54, 1.807) is 0 Å². The molecule has 1 N–H and O–H groups in total. The van der Waals surface area contributed by atoms with E-state index in [1.165, 1.54) is 89.9 Å². The van der Waals surface area contributed by atoms with Crippen LogP contribution in [0.25, 0.3) is 0 Å². The molecule has 25 heavy (non-hydrogen) atoms. The van der Waals surface area contributed by atoms with E-state index >= 15 is 0 Å². The van der Waals surface area contributed by atoms with Gasteiger partial charge in [-0.25, -0.2) is 0 Å². The van der Waals surface area contributed by atoms with E-state index in [0.29, 0.717) is 6.73 Å². The van der Waals surface area contributed by atoms with Gasteiger partial charge in [0, 0.05) is 0 Å². The van der Waals surface area contributed by atoms with Gasteiger partial charge < -0.3 is 14.3 Å². The Bertz CT molecular complexity index is 267. The van der Waals surface area contributed by atoms with Crippen molar-refractivity contribution in [3.63, 3.8) is 0 Å². The predicted octanol–water partition coefficient (Wildman–Crippen LogP) is 5.90. The van der Waals surface area contributed by atoms with Crippen LogP contribution < -0.4 is 0 Å². The fourth-order valence-electron chi connectivity index (χ4n) is 3.48. The van der Waals surface area contributed by atoms with E-state index in [-0.39, 0.29) is 6.10 Å². The molecular weight excluding hydrogens is 310 g/mol. The monoisotopic (exact) mass is 358 g/mol. The average molecular weight is 359 g/mol. The Morgan fingerprint density at radius 2 is 1.12 bits per heavy atom. The van der Waals surface area contributed by atoms with E-state index in [4.69, 9.17) is 4.74 Å². The second-order valence-corrected chi connectivity index (χ2v) is 8.60. The summed E-state index contributed by atoms with van der Waals surface area (Å²) >= 11 is 0. The molecule has 0 heterocycles. The van der Waals surface area contributed by atoms with Crippen molar-refractivity contribution in [3.05, 3.63) is 0 Å². The highest BCUT2D eigenvalue weighted by Crippen LogP contribution is 2.13. The van der Waals surface area contributed by atoms with Gasteiger partial charge in [-0.1, -0.05) is 90.4 Å². The zero-order chi connectivity index (χ0) is 18.8. The molecule has 0 saturated heterocycles. The summed E-state index contributed by atoms with van der Waals surface area (Å²) in [6, 6.07) is 0. The number of hydrogen-bond acceptors (Lipinski definition) is 2. The van der Waals surface area contributed by atoms with Gasteiger partial charge in [0.1, 0.15) is 12.6 Å². The van der Waals surface area contributed by atoms with Crippen LogP contribution in [-0.2, 0) is 4.74 Å². The summed E-state index contributed by atoms with van der Waals surface area (Å²) in [6.45, 7) is 6.43. The highest BCUT2D eigenvalue weighted by atomic mass is 16.5. The first kappa shape index (κ1) is 24.9. The largest absolute Gasteiger partial charge is 0.388 e. The zero-order valence-corrected chi connectivity index (χ0v) is 17.9. The molecule has 3 nitrogen and oxygen atoms in total. The minimum absolute atomic E-state index is 0.264. The Labute approximate surface area is 158 Å². The molecule has 0 saturated carbocycles. The Balaban J connectivity index is 3.17. The van der Waals surface area contributed by atoms with Gasteiger partial charge in [-0.05, 0) is 13.3 Å². The molecule has 0 bridgehead atoms. The molecule has 0 aromatic carbocycles. The molecule has 0 aliphatic carbocycles. The number of aliphatic hydroxyl groups excluding tert-OH is 1. The molecule has 0 amide bonds. The number of hydrogen-bond donors (Lipinski definition) is 1. The van der Waals surface area contributed by atoms with E-state index in [1.807, 2.05) is 6.92 Å². The first-order valence-corrected chi connectivity index (χ1v) is 11.1. The highest BCUT2D eigenvalue weighted by Gasteiger charge is 2.17. The van der Waals surface area contributed by atoms with Crippen LogP contribution in [0.2, 0.25) is 0 Å². The first-order chi connectivity index (χ1) is 12.0. The summed E-state index contributed by atoms with van der Waals surface area (Å²) in [4.78, 5) is 0. The van der Waals surface area contributed by atoms with Crippen LogP contribution in [0.15, 0.2) is 0 Å². The fourth-order valence-corrected chi connectivity index (χ4v) is 3.48. The number of likely N-dealkylation sites (N-methyl/N-ethyl adjacent to an activating group) is 1. The zero-order valence-electron chi connectivity index (χ0n) is 17.9. The van der Waals surface area contributed by atoms with Crippen LogP contribution in [0.4, 0.5) is 0 Å². The summed E-state index contributed by atoms with van der Waals surface area (Å²) in [6.07, 6.45) is 19.2. The van der Waals surface area contributed by atoms with Crippen molar-refractivity contribution in [2.24, 2.45) is 0 Å². The lowest BCUT2D eigenvalue weighted by atomic mass is 10.0. The smallest absolute Gasteiger partial charge is 0.182 e. The number of quaternary nitrogens is 1. The third kappa shape index (κ3) is 20.0. The van der Waals surface area contributed by atoms with Crippen molar-refractivity contribution in [2.75, 3.05) is 34.0 Å². The van der Waals surface area contributed by atoms with Crippen LogP contribution in [0.1, 0.15) is 104 Å². The van der Waals surface area contributed by atoms with Gasteiger partial charge in [-0.15, -0.1) is 0 Å². The lowest BCUT2D eigenvalue weighted by Gasteiger charge is -2.30. The topological polar surface area (TPSA) is 29.5 Å². The van der Waals surface area contributed by atoms with Crippen LogP contribution in [-0.4, -0.2) is 49.7 Å². The molecule has 0 aromatic rings. The predicted molar refractivity (Wildman–Crippen MR) is 110 cm³/mol. The van der Waals surface area contributed by atoms with Crippen LogP contribution in [0.5, 0.6) is 0 Å². The Morgan fingerprint density at radius 1 is 0.720 bits per heavy atom. The summed E-state index contributed by atoms with van der Waals surface area (Å²) in [5, 5.41) is 9.45. The normalized spacial score (nSPS) is 13.3. The van der Waals surface area contributed by atoms with Crippen LogP contribution in [0.3, 0.4) is 0 Å². The number of unbranched alkanes of at least 4 members (excludes halogenated alkanes) is 13. The second kappa shape index (κ2) is 17.3. The lowest BCUT2D eigenvalue weighted by molar-refractivity contribution is -0.912. The van der Waals surface area contributed by atoms with Crippen LogP contribution >= 0.6 is 0 Å². The third-order valence-corrected chi connectivity index (χ3v) is 4.84. The molecule has 0 radical (unpaired) electrons. The number of rotatable bonds is 19. The van der Waals surface area contributed by atoms with Gasteiger partial charge in [-0.3, -0.25) is 0 Å². The van der Waals surface area contributed by atoms with Crippen molar-refractivity contribution in [1.29, 1.82) is 0 Å². The molecule has 1 atom stereocenters. The maximum absolute atomic E-state index is 9.45. The van der Waals surface area contributed by atoms with Gasteiger partial charge in [0.15, 0.2) is 6.73 Å². The first-order valence-electron chi connectivity index (χ1n) is 11.1. The summed E-state index contributed by atoms with van der Waals surface area (Å²) < 4.78 is 6.50.